The molecule has 0 aliphatic heterocycles. The molecule has 0 aliphatic rings. The quantitative estimate of drug-likeness (QED) is 0.846. The first-order valence-electron chi connectivity index (χ1n) is 5.56. The Morgan fingerprint density at radius 1 is 1.12 bits per heavy atom. The minimum Gasteiger partial charge on any atom is -0.502 e. The van der Waals surface area contributed by atoms with Gasteiger partial charge in [-0.2, -0.15) is 0 Å². The lowest BCUT2D eigenvalue weighted by atomic mass is 10.1. The summed E-state index contributed by atoms with van der Waals surface area (Å²) in [5.41, 5.74) is 1.05. The van der Waals surface area contributed by atoms with Crippen molar-refractivity contribution in [2.24, 2.45) is 0 Å². The highest BCUT2D eigenvalue weighted by Gasteiger charge is 2.13. The smallest absolute Gasteiger partial charge is 0.200 e. The van der Waals surface area contributed by atoms with Gasteiger partial charge in [-0.25, -0.2) is 0 Å². The van der Waals surface area contributed by atoms with Gasteiger partial charge in [-0.15, -0.1) is 0 Å². The van der Waals surface area contributed by atoms with Gasteiger partial charge in [0.1, 0.15) is 0 Å². The van der Waals surface area contributed by atoms with E-state index in [4.69, 9.17) is 9.47 Å². The molecule has 4 nitrogen and oxygen atoms in total. The van der Waals surface area contributed by atoms with E-state index in [-0.39, 0.29) is 11.3 Å². The molecule has 0 unspecified atom stereocenters. The van der Waals surface area contributed by atoms with Crippen LogP contribution in [0.1, 0.15) is 26.3 Å². The average Bonchev–Trinajstić information content (AvgIpc) is 2.26. The topological polar surface area (TPSA) is 50.7 Å². The first-order valence-corrected chi connectivity index (χ1v) is 5.56. The molecule has 4 heteroatoms. The second kappa shape index (κ2) is 5.27. The van der Waals surface area contributed by atoms with Gasteiger partial charge < -0.3 is 19.9 Å². The summed E-state index contributed by atoms with van der Waals surface area (Å²) in [7, 11) is 3.05. The molecule has 1 aromatic rings. The maximum absolute atomic E-state index is 9.77. The van der Waals surface area contributed by atoms with Crippen molar-refractivity contribution in [3.63, 3.8) is 0 Å². The molecule has 0 heterocycles. The van der Waals surface area contributed by atoms with Crippen LogP contribution in [0.4, 0.5) is 0 Å². The van der Waals surface area contributed by atoms with Crippen molar-refractivity contribution in [3.05, 3.63) is 17.7 Å². The lowest BCUT2D eigenvalue weighted by Crippen LogP contribution is -2.35. The Morgan fingerprint density at radius 3 is 1.94 bits per heavy atom. The van der Waals surface area contributed by atoms with Crippen molar-refractivity contribution in [2.75, 3.05) is 14.2 Å². The number of ether oxygens (including phenoxy) is 2. The summed E-state index contributed by atoms with van der Waals surface area (Å²) >= 11 is 0. The number of aromatic hydroxyl groups is 1. The van der Waals surface area contributed by atoms with E-state index < -0.39 is 0 Å². The molecule has 0 fully saturated rings. The summed E-state index contributed by atoms with van der Waals surface area (Å²) in [6, 6.07) is 3.60. The highest BCUT2D eigenvalue weighted by Crippen LogP contribution is 2.37. The molecular formula is C13H21NO3. The maximum atomic E-state index is 9.77. The standard InChI is InChI=1S/C13H21NO3/c1-13(2,3)14-8-9-6-10(16-4)12(15)11(7-9)17-5/h6-7,14-15H,8H2,1-5H3. The first-order chi connectivity index (χ1) is 7.87. The number of hydrogen-bond acceptors (Lipinski definition) is 4. The molecule has 0 aromatic heterocycles. The minimum atomic E-state index is 0.0366. The van der Waals surface area contributed by atoms with Gasteiger partial charge in [-0.3, -0.25) is 0 Å². The predicted molar refractivity (Wildman–Crippen MR) is 67.8 cm³/mol. The number of benzene rings is 1. The third-order valence-corrected chi connectivity index (χ3v) is 2.36. The minimum absolute atomic E-state index is 0.0366. The first kappa shape index (κ1) is 13.6. The summed E-state index contributed by atoms with van der Waals surface area (Å²) in [5.74, 6) is 0.889. The molecule has 0 spiro atoms. The average molecular weight is 239 g/mol. The fourth-order valence-electron chi connectivity index (χ4n) is 1.42. The maximum Gasteiger partial charge on any atom is 0.200 e. The predicted octanol–water partition coefficient (Wildman–Crippen LogP) is 2.30. The molecule has 1 aromatic carbocycles. The Bertz CT molecular complexity index is 358. The Balaban J connectivity index is 2.93. The van der Waals surface area contributed by atoms with Crippen molar-refractivity contribution in [1.82, 2.24) is 5.32 Å². The normalized spacial score (nSPS) is 11.4. The summed E-state index contributed by atoms with van der Waals surface area (Å²) in [4.78, 5) is 0. The lowest BCUT2D eigenvalue weighted by Gasteiger charge is -2.21. The van der Waals surface area contributed by atoms with Gasteiger partial charge in [0.2, 0.25) is 5.75 Å². The van der Waals surface area contributed by atoms with Gasteiger partial charge in [0.05, 0.1) is 14.2 Å². The van der Waals surface area contributed by atoms with E-state index in [1.165, 1.54) is 14.2 Å². The van der Waals surface area contributed by atoms with Gasteiger partial charge in [-0.1, -0.05) is 0 Å². The van der Waals surface area contributed by atoms with Gasteiger partial charge >= 0.3 is 0 Å². The molecular weight excluding hydrogens is 218 g/mol. The Kier molecular flexibility index (Phi) is 4.23. The van der Waals surface area contributed by atoms with Crippen molar-refractivity contribution < 1.29 is 14.6 Å². The van der Waals surface area contributed by atoms with Crippen LogP contribution >= 0.6 is 0 Å². The number of phenols is 1. The van der Waals surface area contributed by atoms with Crippen LogP contribution in [0.3, 0.4) is 0 Å². The lowest BCUT2D eigenvalue weighted by molar-refractivity contribution is 0.338. The SMILES string of the molecule is COc1cc(CNC(C)(C)C)cc(OC)c1O. The zero-order chi connectivity index (χ0) is 13.1. The number of hydrogen-bond donors (Lipinski definition) is 2. The van der Waals surface area contributed by atoms with Crippen LogP contribution in [0.15, 0.2) is 12.1 Å². The molecule has 0 amide bonds. The van der Waals surface area contributed by atoms with E-state index in [9.17, 15) is 5.11 Å². The zero-order valence-corrected chi connectivity index (χ0v) is 11.1. The van der Waals surface area contributed by atoms with Gasteiger partial charge in [0, 0.05) is 12.1 Å². The van der Waals surface area contributed by atoms with Crippen LogP contribution in [0.25, 0.3) is 0 Å². The highest BCUT2D eigenvalue weighted by molar-refractivity contribution is 5.52. The molecule has 96 valence electrons. The zero-order valence-electron chi connectivity index (χ0n) is 11.1. The van der Waals surface area contributed by atoms with Crippen molar-refractivity contribution in [2.45, 2.75) is 32.9 Å². The fraction of sp³-hybridized carbons (Fsp3) is 0.538. The Labute approximate surface area is 103 Å². The van der Waals surface area contributed by atoms with Crippen LogP contribution in [-0.4, -0.2) is 24.9 Å². The van der Waals surface area contributed by atoms with Crippen LogP contribution < -0.4 is 14.8 Å². The Morgan fingerprint density at radius 2 is 1.59 bits per heavy atom. The molecule has 0 radical (unpaired) electrons. The number of nitrogens with one attached hydrogen (secondary N) is 1. The van der Waals surface area contributed by atoms with Crippen molar-refractivity contribution in [3.8, 4) is 17.2 Å². The molecule has 1 rings (SSSR count). The van der Waals surface area contributed by atoms with Crippen LogP contribution in [0.5, 0.6) is 17.2 Å². The molecule has 2 N–H and O–H groups in total. The summed E-state index contributed by atoms with van der Waals surface area (Å²) in [6.07, 6.45) is 0. The molecule has 17 heavy (non-hydrogen) atoms. The fourth-order valence-corrected chi connectivity index (χ4v) is 1.42. The highest BCUT2D eigenvalue weighted by atomic mass is 16.5. The van der Waals surface area contributed by atoms with E-state index in [0.29, 0.717) is 18.0 Å². The third kappa shape index (κ3) is 3.82. The largest absolute Gasteiger partial charge is 0.502 e. The monoisotopic (exact) mass is 239 g/mol. The van der Waals surface area contributed by atoms with Gasteiger partial charge in [-0.05, 0) is 38.5 Å². The molecule has 0 aliphatic carbocycles. The summed E-state index contributed by atoms with van der Waals surface area (Å²) in [5, 5.41) is 13.1. The van der Waals surface area contributed by atoms with Crippen LogP contribution in [-0.2, 0) is 6.54 Å². The molecule has 0 saturated carbocycles. The van der Waals surface area contributed by atoms with Crippen LogP contribution in [0, 0.1) is 0 Å². The van der Waals surface area contributed by atoms with E-state index in [1.54, 1.807) is 12.1 Å². The summed E-state index contributed by atoms with van der Waals surface area (Å²) < 4.78 is 10.2. The van der Waals surface area contributed by atoms with Gasteiger partial charge in [0.15, 0.2) is 11.5 Å². The third-order valence-electron chi connectivity index (χ3n) is 2.36. The van der Waals surface area contributed by atoms with Crippen molar-refractivity contribution in [1.29, 1.82) is 0 Å². The second-order valence-electron chi connectivity index (χ2n) is 4.95. The molecule has 0 bridgehead atoms. The van der Waals surface area contributed by atoms with Gasteiger partial charge in [0.25, 0.3) is 0 Å². The van der Waals surface area contributed by atoms with E-state index in [1.807, 2.05) is 0 Å². The second-order valence-corrected chi connectivity index (χ2v) is 4.95. The number of rotatable bonds is 4. The number of methoxy groups -OCH3 is 2. The van der Waals surface area contributed by atoms with Crippen LogP contribution in [0.2, 0.25) is 0 Å². The van der Waals surface area contributed by atoms with E-state index in [0.717, 1.165) is 5.56 Å². The van der Waals surface area contributed by atoms with E-state index in [2.05, 4.69) is 26.1 Å². The summed E-state index contributed by atoms with van der Waals surface area (Å²) in [6.45, 7) is 6.99. The Hall–Kier alpha value is -1.42. The number of phenolic OH excluding ortho intramolecular Hbond substituents is 1. The molecule has 0 atom stereocenters. The molecule has 0 saturated heterocycles. The van der Waals surface area contributed by atoms with Crippen molar-refractivity contribution >= 4 is 0 Å². The van der Waals surface area contributed by atoms with E-state index >= 15 is 0 Å².